The fraction of sp³-hybridized carbons (Fsp3) is 1.00. The Hall–Kier alpha value is 0.310. The van der Waals surface area contributed by atoms with Crippen LogP contribution >= 0.6 is 11.8 Å². The van der Waals surface area contributed by atoms with Crippen molar-refractivity contribution in [2.45, 2.75) is 43.9 Å². The van der Waals surface area contributed by atoms with Gasteiger partial charge in [-0.05, 0) is 30.9 Å². The van der Waals surface area contributed by atoms with E-state index in [9.17, 15) is 0 Å². The van der Waals surface area contributed by atoms with Gasteiger partial charge in [0.15, 0.2) is 0 Å². The van der Waals surface area contributed by atoms with Gasteiger partial charge in [0.05, 0.1) is 0 Å². The Morgan fingerprint density at radius 2 is 2.17 bits per heavy atom. The molecule has 2 rings (SSSR count). The zero-order valence-electron chi connectivity index (χ0n) is 8.31. The third-order valence-electron chi connectivity index (χ3n) is 3.89. The van der Waals surface area contributed by atoms with E-state index in [1.165, 1.54) is 25.8 Å². The summed E-state index contributed by atoms with van der Waals surface area (Å²) in [7, 11) is 0. The molecule has 0 aromatic heterocycles. The summed E-state index contributed by atoms with van der Waals surface area (Å²) in [6.45, 7) is 5.99. The maximum atomic E-state index is 3.62. The van der Waals surface area contributed by atoms with E-state index >= 15 is 0 Å². The number of thioether (sulfide) groups is 1. The molecule has 1 saturated carbocycles. The van der Waals surface area contributed by atoms with Crippen LogP contribution in [0.2, 0.25) is 0 Å². The summed E-state index contributed by atoms with van der Waals surface area (Å²) in [4.78, 5) is 0. The lowest BCUT2D eigenvalue weighted by atomic mass is 9.71. The van der Waals surface area contributed by atoms with E-state index in [2.05, 4.69) is 37.2 Å². The maximum Gasteiger partial charge on any atom is 0.0317 e. The van der Waals surface area contributed by atoms with Gasteiger partial charge in [-0.25, -0.2) is 0 Å². The van der Waals surface area contributed by atoms with Gasteiger partial charge in [-0.1, -0.05) is 13.8 Å². The molecule has 1 heterocycles. The van der Waals surface area contributed by atoms with Crippen LogP contribution in [0, 0.1) is 5.41 Å². The first-order chi connectivity index (χ1) is 5.67. The van der Waals surface area contributed by atoms with Crippen LogP contribution in [-0.4, -0.2) is 23.6 Å². The monoisotopic (exact) mass is 185 g/mol. The second kappa shape index (κ2) is 2.65. The Kier molecular flexibility index (Phi) is 1.96. The first-order valence-electron chi connectivity index (χ1n) is 4.95. The molecule has 1 saturated heterocycles. The van der Waals surface area contributed by atoms with Crippen molar-refractivity contribution in [1.82, 2.24) is 5.32 Å². The third kappa shape index (κ3) is 1.04. The van der Waals surface area contributed by atoms with E-state index in [1.54, 1.807) is 0 Å². The molecule has 0 spiro atoms. The maximum absolute atomic E-state index is 3.62. The molecule has 12 heavy (non-hydrogen) atoms. The molecule has 2 fully saturated rings. The molecule has 2 aliphatic rings. The summed E-state index contributed by atoms with van der Waals surface area (Å²) in [5.41, 5.74) is 0.597. The van der Waals surface area contributed by atoms with E-state index in [4.69, 9.17) is 0 Å². The Labute approximate surface area is 79.7 Å². The molecule has 2 heteroatoms. The minimum Gasteiger partial charge on any atom is -0.311 e. The van der Waals surface area contributed by atoms with Crippen molar-refractivity contribution >= 4 is 11.8 Å². The minimum absolute atomic E-state index is 0.597. The van der Waals surface area contributed by atoms with Gasteiger partial charge in [0.2, 0.25) is 0 Å². The molecule has 1 aliphatic heterocycles. The summed E-state index contributed by atoms with van der Waals surface area (Å²) >= 11 is 2.08. The molecule has 70 valence electrons. The Morgan fingerprint density at radius 1 is 1.50 bits per heavy atom. The fourth-order valence-electron chi connectivity index (χ4n) is 2.44. The van der Waals surface area contributed by atoms with Gasteiger partial charge in [-0.15, -0.1) is 0 Å². The van der Waals surface area contributed by atoms with Crippen LogP contribution in [0.4, 0.5) is 0 Å². The molecular weight excluding hydrogens is 166 g/mol. The van der Waals surface area contributed by atoms with E-state index in [-0.39, 0.29) is 0 Å². The van der Waals surface area contributed by atoms with Crippen molar-refractivity contribution in [3.05, 3.63) is 0 Å². The Bertz CT molecular complexity index is 178. The highest BCUT2D eigenvalue weighted by molar-refractivity contribution is 8.00. The van der Waals surface area contributed by atoms with E-state index < -0.39 is 0 Å². The van der Waals surface area contributed by atoms with Crippen LogP contribution in [0.3, 0.4) is 0 Å². The molecule has 0 amide bonds. The first kappa shape index (κ1) is 8.89. The van der Waals surface area contributed by atoms with Crippen molar-refractivity contribution < 1.29 is 0 Å². The zero-order chi connectivity index (χ0) is 8.82. The summed E-state index contributed by atoms with van der Waals surface area (Å²) < 4.78 is 0.628. The molecule has 0 bridgehead atoms. The Morgan fingerprint density at radius 3 is 2.42 bits per heavy atom. The quantitative estimate of drug-likeness (QED) is 0.724. The van der Waals surface area contributed by atoms with Gasteiger partial charge in [-0.2, -0.15) is 11.8 Å². The van der Waals surface area contributed by atoms with E-state index in [1.807, 2.05) is 0 Å². The van der Waals surface area contributed by atoms with Crippen LogP contribution in [0.25, 0.3) is 0 Å². The summed E-state index contributed by atoms with van der Waals surface area (Å²) in [6.07, 6.45) is 6.46. The SMILES string of the molecule is CCC1(C)CNC1C1(SC)CC1. The van der Waals surface area contributed by atoms with Crippen molar-refractivity contribution in [2.24, 2.45) is 5.41 Å². The predicted molar refractivity (Wildman–Crippen MR) is 55.7 cm³/mol. The highest BCUT2D eigenvalue weighted by atomic mass is 32.2. The molecule has 1 nitrogen and oxygen atoms in total. The molecule has 1 aliphatic carbocycles. The molecule has 2 atom stereocenters. The van der Waals surface area contributed by atoms with Crippen LogP contribution in [0.1, 0.15) is 33.1 Å². The van der Waals surface area contributed by atoms with Gasteiger partial charge in [0.25, 0.3) is 0 Å². The standard InChI is InChI=1S/C10H19NS/c1-4-9(2)7-11-8(9)10(12-3)5-6-10/h8,11H,4-7H2,1-3H3. The summed E-state index contributed by atoms with van der Waals surface area (Å²) in [5.74, 6) is 0. The number of hydrogen-bond acceptors (Lipinski definition) is 2. The average molecular weight is 185 g/mol. The number of nitrogens with one attached hydrogen (secondary N) is 1. The highest BCUT2D eigenvalue weighted by Gasteiger charge is 2.58. The molecule has 0 aromatic rings. The highest BCUT2D eigenvalue weighted by Crippen LogP contribution is 2.57. The Balaban J connectivity index is 2.06. The number of rotatable bonds is 3. The van der Waals surface area contributed by atoms with Crippen molar-refractivity contribution in [2.75, 3.05) is 12.8 Å². The van der Waals surface area contributed by atoms with Gasteiger partial charge in [0, 0.05) is 17.3 Å². The van der Waals surface area contributed by atoms with Crippen molar-refractivity contribution in [3.63, 3.8) is 0 Å². The van der Waals surface area contributed by atoms with Crippen LogP contribution < -0.4 is 5.32 Å². The molecule has 0 aromatic carbocycles. The summed E-state index contributed by atoms with van der Waals surface area (Å²) in [5, 5.41) is 3.62. The third-order valence-corrected chi connectivity index (χ3v) is 5.35. The molecule has 1 N–H and O–H groups in total. The minimum atomic E-state index is 0.597. The second-order valence-corrected chi connectivity index (χ2v) is 5.81. The van der Waals surface area contributed by atoms with Gasteiger partial charge < -0.3 is 5.32 Å². The van der Waals surface area contributed by atoms with E-state index in [0.717, 1.165) is 6.04 Å². The summed E-state index contributed by atoms with van der Waals surface area (Å²) in [6, 6.07) is 0.796. The van der Waals surface area contributed by atoms with Crippen LogP contribution in [0.5, 0.6) is 0 Å². The lowest BCUT2D eigenvalue weighted by Crippen LogP contribution is -2.65. The van der Waals surface area contributed by atoms with E-state index in [0.29, 0.717) is 10.2 Å². The predicted octanol–water partition coefficient (Wildman–Crippen LogP) is 2.27. The van der Waals surface area contributed by atoms with Crippen molar-refractivity contribution in [1.29, 1.82) is 0 Å². The van der Waals surface area contributed by atoms with Gasteiger partial charge in [-0.3, -0.25) is 0 Å². The van der Waals surface area contributed by atoms with Gasteiger partial charge >= 0.3 is 0 Å². The van der Waals surface area contributed by atoms with Gasteiger partial charge in [0.1, 0.15) is 0 Å². The lowest BCUT2D eigenvalue weighted by Gasteiger charge is -2.52. The molecule has 2 unspecified atom stereocenters. The van der Waals surface area contributed by atoms with Crippen LogP contribution in [-0.2, 0) is 0 Å². The normalized spacial score (nSPS) is 43.8. The fourth-order valence-corrected chi connectivity index (χ4v) is 3.55. The smallest absolute Gasteiger partial charge is 0.0317 e. The first-order valence-corrected chi connectivity index (χ1v) is 6.18. The molecular formula is C10H19NS. The second-order valence-electron chi connectivity index (χ2n) is 4.59. The topological polar surface area (TPSA) is 12.0 Å². The average Bonchev–Trinajstić information content (AvgIpc) is 2.82. The number of hydrogen-bond donors (Lipinski definition) is 1. The van der Waals surface area contributed by atoms with Crippen molar-refractivity contribution in [3.8, 4) is 0 Å². The zero-order valence-corrected chi connectivity index (χ0v) is 9.13. The van der Waals surface area contributed by atoms with Crippen LogP contribution in [0.15, 0.2) is 0 Å². The largest absolute Gasteiger partial charge is 0.311 e. The lowest BCUT2D eigenvalue weighted by molar-refractivity contribution is 0.0913. The molecule has 0 radical (unpaired) electrons.